The first kappa shape index (κ1) is 16.5. The number of hydrogen-bond donors (Lipinski definition) is 0. The van der Waals surface area contributed by atoms with Crippen molar-refractivity contribution in [2.45, 2.75) is 40.5 Å². The fourth-order valence-corrected chi connectivity index (χ4v) is 3.59. The van der Waals surface area contributed by atoms with Gasteiger partial charge in [-0.05, 0) is 60.1 Å². The van der Waals surface area contributed by atoms with Gasteiger partial charge in [0.2, 0.25) is 0 Å². The molecule has 0 spiro atoms. The molecule has 0 heteroatoms. The van der Waals surface area contributed by atoms with Gasteiger partial charge in [-0.25, -0.2) is 0 Å². The molecule has 5 rings (SSSR count). The van der Waals surface area contributed by atoms with Crippen molar-refractivity contribution in [2.75, 3.05) is 0 Å². The average molecular weight is 314 g/mol. The second-order valence-electron chi connectivity index (χ2n) is 6.41. The van der Waals surface area contributed by atoms with Crippen LogP contribution in [0, 0.1) is 13.8 Å². The van der Waals surface area contributed by atoms with Crippen molar-refractivity contribution < 1.29 is 0 Å². The molecule has 0 saturated heterocycles. The van der Waals surface area contributed by atoms with E-state index in [1.165, 1.54) is 33.4 Å². The van der Waals surface area contributed by atoms with E-state index in [0.29, 0.717) is 0 Å². The molecule has 3 aromatic rings. The number of rotatable bonds is 0. The van der Waals surface area contributed by atoms with Crippen molar-refractivity contribution >= 4 is 0 Å². The summed E-state index contributed by atoms with van der Waals surface area (Å²) in [6, 6.07) is 22.0. The van der Waals surface area contributed by atoms with Crippen molar-refractivity contribution in [1.82, 2.24) is 0 Å². The number of hydrogen-bond acceptors (Lipinski definition) is 0. The minimum absolute atomic E-state index is 1.15. The van der Waals surface area contributed by atoms with Crippen LogP contribution in [0.25, 0.3) is 11.1 Å². The summed E-state index contributed by atoms with van der Waals surface area (Å²) in [5, 5.41) is 0. The smallest absolute Gasteiger partial charge is 0.00132 e. The first-order chi connectivity index (χ1) is 11.7. The summed E-state index contributed by atoms with van der Waals surface area (Å²) >= 11 is 0. The molecule has 3 aromatic carbocycles. The first-order valence-corrected chi connectivity index (χ1v) is 8.97. The van der Waals surface area contributed by atoms with E-state index in [1.54, 1.807) is 11.1 Å². The Balaban J connectivity index is 0.000000146. The Morgan fingerprint density at radius 1 is 0.500 bits per heavy atom. The SMILES string of the molecule is CC.Cc1ccc(C)cc1.c1cc2c3c(c1)Cc1cccc(c1-3)C2. The van der Waals surface area contributed by atoms with Crippen molar-refractivity contribution in [3.63, 3.8) is 0 Å². The lowest BCUT2D eigenvalue weighted by atomic mass is 10.0. The first-order valence-electron chi connectivity index (χ1n) is 8.97. The van der Waals surface area contributed by atoms with Crippen LogP contribution in [0.3, 0.4) is 0 Å². The number of benzene rings is 3. The lowest BCUT2D eigenvalue weighted by molar-refractivity contribution is 1.19. The van der Waals surface area contributed by atoms with Crippen LogP contribution in [-0.2, 0) is 12.8 Å². The van der Waals surface area contributed by atoms with Crippen LogP contribution in [0.15, 0.2) is 60.7 Å². The second-order valence-corrected chi connectivity index (χ2v) is 6.41. The van der Waals surface area contributed by atoms with E-state index in [9.17, 15) is 0 Å². The highest BCUT2D eigenvalue weighted by molar-refractivity contribution is 5.86. The van der Waals surface area contributed by atoms with Crippen LogP contribution in [0.2, 0.25) is 0 Å². The van der Waals surface area contributed by atoms with Gasteiger partial charge in [-0.1, -0.05) is 85.6 Å². The molecule has 24 heavy (non-hydrogen) atoms. The third-order valence-electron chi connectivity index (χ3n) is 4.70. The van der Waals surface area contributed by atoms with Gasteiger partial charge in [0.05, 0.1) is 0 Å². The van der Waals surface area contributed by atoms with E-state index in [-0.39, 0.29) is 0 Å². The van der Waals surface area contributed by atoms with E-state index in [4.69, 9.17) is 0 Å². The van der Waals surface area contributed by atoms with Crippen LogP contribution in [0.5, 0.6) is 0 Å². The third kappa shape index (κ3) is 3.01. The quantitative estimate of drug-likeness (QED) is 0.306. The molecule has 0 amide bonds. The largest absolute Gasteiger partial charge is 0.0683 e. The van der Waals surface area contributed by atoms with Gasteiger partial charge in [-0.15, -0.1) is 0 Å². The maximum atomic E-state index is 2.27. The summed E-state index contributed by atoms with van der Waals surface area (Å²) in [7, 11) is 0. The highest BCUT2D eigenvalue weighted by atomic mass is 14.3. The van der Waals surface area contributed by atoms with E-state index in [0.717, 1.165) is 12.8 Å². The highest BCUT2D eigenvalue weighted by Crippen LogP contribution is 2.46. The molecule has 0 saturated carbocycles. The summed E-state index contributed by atoms with van der Waals surface area (Å²) in [4.78, 5) is 0. The molecule has 0 fully saturated rings. The van der Waals surface area contributed by atoms with Crippen molar-refractivity contribution in [3.05, 3.63) is 94.0 Å². The fraction of sp³-hybridized carbons (Fsp3) is 0.250. The molecule has 2 aliphatic carbocycles. The van der Waals surface area contributed by atoms with E-state index in [2.05, 4.69) is 74.5 Å². The zero-order valence-corrected chi connectivity index (χ0v) is 15.2. The van der Waals surface area contributed by atoms with Crippen molar-refractivity contribution in [2.24, 2.45) is 0 Å². The van der Waals surface area contributed by atoms with Crippen LogP contribution in [-0.4, -0.2) is 0 Å². The molecule has 0 unspecified atom stereocenters. The molecular weight excluding hydrogens is 288 g/mol. The van der Waals surface area contributed by atoms with Crippen LogP contribution >= 0.6 is 0 Å². The molecule has 0 nitrogen and oxygen atoms in total. The predicted octanol–water partition coefficient (Wildman–Crippen LogP) is 6.49. The van der Waals surface area contributed by atoms with Gasteiger partial charge in [0.15, 0.2) is 0 Å². The van der Waals surface area contributed by atoms with Gasteiger partial charge >= 0.3 is 0 Å². The topological polar surface area (TPSA) is 0 Å². The zero-order chi connectivity index (χ0) is 17.1. The van der Waals surface area contributed by atoms with Gasteiger partial charge in [-0.2, -0.15) is 0 Å². The summed E-state index contributed by atoms with van der Waals surface area (Å²) < 4.78 is 0. The Labute approximate surface area is 146 Å². The minimum Gasteiger partial charge on any atom is -0.0683 e. The number of aryl methyl sites for hydroxylation is 2. The van der Waals surface area contributed by atoms with Crippen LogP contribution < -0.4 is 0 Å². The molecule has 0 bridgehead atoms. The standard InChI is InChI=1S/C14H10.C8H10.C2H6/c1-3-9-7-11-5-2-6-12-8-10(4-1)13(9)14(11)12;1-7-3-5-8(2)6-4-7;1-2/h1-6H,7-8H2;3-6H,1-2H3;1-2H3. The maximum absolute atomic E-state index is 2.27. The fourth-order valence-electron chi connectivity index (χ4n) is 3.59. The Kier molecular flexibility index (Phi) is 4.85. The Morgan fingerprint density at radius 3 is 1.08 bits per heavy atom. The van der Waals surface area contributed by atoms with Gasteiger partial charge in [0, 0.05) is 0 Å². The molecule has 2 aliphatic rings. The molecule has 0 aromatic heterocycles. The Bertz CT molecular complexity index is 725. The zero-order valence-electron chi connectivity index (χ0n) is 15.2. The Hall–Kier alpha value is -2.34. The lowest BCUT2D eigenvalue weighted by Gasteiger charge is -2.00. The summed E-state index contributed by atoms with van der Waals surface area (Å²) in [6.45, 7) is 8.19. The molecule has 0 radical (unpaired) electrons. The second kappa shape index (κ2) is 7.05. The van der Waals surface area contributed by atoms with Gasteiger partial charge in [0.25, 0.3) is 0 Å². The van der Waals surface area contributed by atoms with Crippen molar-refractivity contribution in [1.29, 1.82) is 0 Å². The van der Waals surface area contributed by atoms with E-state index >= 15 is 0 Å². The normalized spacial score (nSPS) is 11.8. The summed E-state index contributed by atoms with van der Waals surface area (Å²) in [5.41, 5.74) is 11.9. The summed E-state index contributed by atoms with van der Waals surface area (Å²) in [6.07, 6.45) is 2.29. The van der Waals surface area contributed by atoms with Crippen LogP contribution in [0.4, 0.5) is 0 Å². The van der Waals surface area contributed by atoms with Gasteiger partial charge in [-0.3, -0.25) is 0 Å². The molecule has 0 atom stereocenters. The third-order valence-corrected chi connectivity index (χ3v) is 4.70. The molecule has 0 heterocycles. The molecule has 0 aliphatic heterocycles. The average Bonchev–Trinajstić information content (AvgIpc) is 3.19. The highest BCUT2D eigenvalue weighted by Gasteiger charge is 2.28. The van der Waals surface area contributed by atoms with E-state index < -0.39 is 0 Å². The molecular formula is C24H26. The minimum atomic E-state index is 1.15. The molecule has 122 valence electrons. The summed E-state index contributed by atoms with van der Waals surface area (Å²) in [5.74, 6) is 0. The van der Waals surface area contributed by atoms with Gasteiger partial charge in [0.1, 0.15) is 0 Å². The monoisotopic (exact) mass is 314 g/mol. The Morgan fingerprint density at radius 2 is 0.792 bits per heavy atom. The van der Waals surface area contributed by atoms with Crippen LogP contribution in [0.1, 0.15) is 47.2 Å². The van der Waals surface area contributed by atoms with Crippen molar-refractivity contribution in [3.8, 4) is 11.1 Å². The predicted molar refractivity (Wildman–Crippen MR) is 105 cm³/mol. The maximum Gasteiger partial charge on any atom is -0.00132 e. The van der Waals surface area contributed by atoms with Gasteiger partial charge < -0.3 is 0 Å². The molecule has 0 N–H and O–H groups in total. The lowest BCUT2D eigenvalue weighted by Crippen LogP contribution is -1.87. The van der Waals surface area contributed by atoms with E-state index in [1.807, 2.05) is 13.8 Å².